The first kappa shape index (κ1) is 11.0. The van der Waals surface area contributed by atoms with Gasteiger partial charge in [0.05, 0.1) is 0 Å². The molecular weight excluding hydrogens is 164 g/mol. The zero-order valence-electron chi connectivity index (χ0n) is 8.83. The Morgan fingerprint density at radius 3 is 2.54 bits per heavy atom. The summed E-state index contributed by atoms with van der Waals surface area (Å²) in [7, 11) is 2.19. The summed E-state index contributed by atoms with van der Waals surface area (Å²) in [5.41, 5.74) is 5.72. The molecule has 0 aromatic carbocycles. The summed E-state index contributed by atoms with van der Waals surface area (Å²) < 4.78 is 5.34. The minimum Gasteiger partial charge on any atom is -0.381 e. The number of rotatable bonds is 4. The van der Waals surface area contributed by atoms with Crippen LogP contribution in [0.25, 0.3) is 0 Å². The molecule has 0 radical (unpaired) electrons. The Morgan fingerprint density at radius 1 is 1.46 bits per heavy atom. The highest BCUT2D eigenvalue weighted by atomic mass is 16.5. The Bertz CT molecular complexity index is 131. The summed E-state index contributed by atoms with van der Waals surface area (Å²) in [6, 6.07) is 1.23. The lowest BCUT2D eigenvalue weighted by Gasteiger charge is -2.36. The van der Waals surface area contributed by atoms with Crippen LogP contribution in [-0.2, 0) is 4.74 Å². The minimum absolute atomic E-state index is 0.545. The van der Waals surface area contributed by atoms with E-state index < -0.39 is 0 Å². The third kappa shape index (κ3) is 2.93. The van der Waals surface area contributed by atoms with Gasteiger partial charge >= 0.3 is 0 Å². The highest BCUT2D eigenvalue weighted by Crippen LogP contribution is 2.16. The van der Waals surface area contributed by atoms with Crippen molar-refractivity contribution in [3.05, 3.63) is 0 Å². The van der Waals surface area contributed by atoms with Crippen molar-refractivity contribution in [2.45, 2.75) is 38.3 Å². The fourth-order valence-corrected chi connectivity index (χ4v) is 2.01. The molecule has 0 saturated carbocycles. The van der Waals surface area contributed by atoms with E-state index in [-0.39, 0.29) is 0 Å². The molecule has 0 aromatic heterocycles. The van der Waals surface area contributed by atoms with Crippen LogP contribution in [0.2, 0.25) is 0 Å². The van der Waals surface area contributed by atoms with Crippen molar-refractivity contribution in [3.63, 3.8) is 0 Å². The first-order chi connectivity index (χ1) is 6.29. The van der Waals surface area contributed by atoms with Crippen molar-refractivity contribution in [1.29, 1.82) is 0 Å². The lowest BCUT2D eigenvalue weighted by molar-refractivity contribution is 0.0291. The Kier molecular flexibility index (Phi) is 4.70. The molecule has 1 rings (SSSR count). The Hall–Kier alpha value is -0.120. The summed E-state index contributed by atoms with van der Waals surface area (Å²) in [4.78, 5) is 2.43. The number of ether oxygens (including phenoxy) is 1. The molecule has 0 spiro atoms. The Morgan fingerprint density at radius 2 is 2.08 bits per heavy atom. The van der Waals surface area contributed by atoms with E-state index >= 15 is 0 Å². The summed E-state index contributed by atoms with van der Waals surface area (Å²) in [5, 5.41) is 0. The first-order valence-electron chi connectivity index (χ1n) is 5.29. The van der Waals surface area contributed by atoms with Crippen molar-refractivity contribution in [3.8, 4) is 0 Å². The molecule has 3 heteroatoms. The van der Waals surface area contributed by atoms with E-state index in [0.717, 1.165) is 39.0 Å². The van der Waals surface area contributed by atoms with E-state index in [1.54, 1.807) is 0 Å². The van der Waals surface area contributed by atoms with E-state index in [1.165, 1.54) is 0 Å². The van der Waals surface area contributed by atoms with Crippen LogP contribution in [0.3, 0.4) is 0 Å². The molecular formula is C10H22N2O. The Balaban J connectivity index is 2.38. The third-order valence-corrected chi connectivity index (χ3v) is 3.09. The van der Waals surface area contributed by atoms with Crippen LogP contribution in [-0.4, -0.2) is 43.8 Å². The van der Waals surface area contributed by atoms with Gasteiger partial charge in [0.2, 0.25) is 0 Å². The van der Waals surface area contributed by atoms with Crippen LogP contribution in [0.4, 0.5) is 0 Å². The first-order valence-corrected chi connectivity index (χ1v) is 5.29. The van der Waals surface area contributed by atoms with Crippen molar-refractivity contribution in [2.75, 3.05) is 26.8 Å². The molecule has 1 aliphatic heterocycles. The predicted octanol–water partition coefficient (Wildman–Crippen LogP) is 0.834. The molecule has 13 heavy (non-hydrogen) atoms. The smallest absolute Gasteiger partial charge is 0.0480 e. The lowest BCUT2D eigenvalue weighted by atomic mass is 10.0. The topological polar surface area (TPSA) is 38.5 Å². The quantitative estimate of drug-likeness (QED) is 0.707. The van der Waals surface area contributed by atoms with Crippen LogP contribution in [0.5, 0.6) is 0 Å². The largest absolute Gasteiger partial charge is 0.381 e. The van der Waals surface area contributed by atoms with Gasteiger partial charge in [-0.15, -0.1) is 0 Å². The SMILES string of the molecule is CCC(CN)N(C)C1CCOCC1. The summed E-state index contributed by atoms with van der Waals surface area (Å²) in [6.07, 6.45) is 3.46. The second-order valence-corrected chi connectivity index (χ2v) is 3.81. The molecule has 0 bridgehead atoms. The number of nitrogens with zero attached hydrogens (tertiary/aromatic N) is 1. The van der Waals surface area contributed by atoms with Gasteiger partial charge in [0.15, 0.2) is 0 Å². The Labute approximate surface area is 81.2 Å². The maximum Gasteiger partial charge on any atom is 0.0480 e. The minimum atomic E-state index is 0.545. The van der Waals surface area contributed by atoms with Gasteiger partial charge < -0.3 is 10.5 Å². The van der Waals surface area contributed by atoms with Crippen molar-refractivity contribution < 1.29 is 4.74 Å². The third-order valence-electron chi connectivity index (χ3n) is 3.09. The molecule has 0 amide bonds. The predicted molar refractivity (Wildman–Crippen MR) is 54.7 cm³/mol. The van der Waals surface area contributed by atoms with Crippen LogP contribution in [0.15, 0.2) is 0 Å². The molecule has 1 fully saturated rings. The number of nitrogens with two attached hydrogens (primary N) is 1. The van der Waals surface area contributed by atoms with Crippen molar-refractivity contribution in [2.24, 2.45) is 5.73 Å². The molecule has 78 valence electrons. The molecule has 1 heterocycles. The second kappa shape index (κ2) is 5.58. The van der Waals surface area contributed by atoms with Gasteiger partial charge in [-0.25, -0.2) is 0 Å². The zero-order chi connectivity index (χ0) is 9.68. The van der Waals surface area contributed by atoms with E-state index in [2.05, 4.69) is 18.9 Å². The standard InChI is InChI=1S/C10H22N2O/c1-3-9(8-11)12(2)10-4-6-13-7-5-10/h9-10H,3-8,11H2,1-2H3. The van der Waals surface area contributed by atoms with Gasteiger partial charge in [-0.3, -0.25) is 4.90 Å². The number of hydrogen-bond acceptors (Lipinski definition) is 3. The van der Waals surface area contributed by atoms with Crippen molar-refractivity contribution >= 4 is 0 Å². The van der Waals surface area contributed by atoms with Gasteiger partial charge in [0.25, 0.3) is 0 Å². The highest BCUT2D eigenvalue weighted by molar-refractivity contribution is 4.78. The van der Waals surface area contributed by atoms with Crippen LogP contribution in [0.1, 0.15) is 26.2 Å². The summed E-state index contributed by atoms with van der Waals surface area (Å²) in [5.74, 6) is 0. The van der Waals surface area contributed by atoms with Crippen molar-refractivity contribution in [1.82, 2.24) is 4.90 Å². The lowest BCUT2D eigenvalue weighted by Crippen LogP contribution is -2.46. The molecule has 3 nitrogen and oxygen atoms in total. The zero-order valence-corrected chi connectivity index (χ0v) is 8.83. The molecule has 1 atom stereocenters. The number of hydrogen-bond donors (Lipinski definition) is 1. The maximum atomic E-state index is 5.72. The summed E-state index contributed by atoms with van der Waals surface area (Å²) >= 11 is 0. The molecule has 1 unspecified atom stereocenters. The fraction of sp³-hybridized carbons (Fsp3) is 1.00. The second-order valence-electron chi connectivity index (χ2n) is 3.81. The fourth-order valence-electron chi connectivity index (χ4n) is 2.01. The van der Waals surface area contributed by atoms with E-state index in [4.69, 9.17) is 10.5 Å². The summed E-state index contributed by atoms with van der Waals surface area (Å²) in [6.45, 7) is 4.80. The van der Waals surface area contributed by atoms with Crippen LogP contribution < -0.4 is 5.73 Å². The van der Waals surface area contributed by atoms with Gasteiger partial charge in [-0.05, 0) is 26.3 Å². The van der Waals surface area contributed by atoms with Crippen LogP contribution >= 0.6 is 0 Å². The van der Waals surface area contributed by atoms with E-state index in [1.807, 2.05) is 0 Å². The molecule has 1 saturated heterocycles. The number of likely N-dealkylation sites (N-methyl/N-ethyl adjacent to an activating group) is 1. The molecule has 1 aliphatic rings. The highest BCUT2D eigenvalue weighted by Gasteiger charge is 2.22. The van der Waals surface area contributed by atoms with Gasteiger partial charge in [0.1, 0.15) is 0 Å². The maximum absolute atomic E-state index is 5.72. The normalized spacial score (nSPS) is 22.2. The average Bonchev–Trinajstić information content (AvgIpc) is 2.21. The van der Waals surface area contributed by atoms with Gasteiger partial charge in [-0.1, -0.05) is 6.92 Å². The molecule has 0 aromatic rings. The monoisotopic (exact) mass is 186 g/mol. The van der Waals surface area contributed by atoms with Gasteiger partial charge in [-0.2, -0.15) is 0 Å². The molecule has 0 aliphatic carbocycles. The van der Waals surface area contributed by atoms with Crippen LogP contribution in [0, 0.1) is 0 Å². The average molecular weight is 186 g/mol. The molecule has 2 N–H and O–H groups in total. The van der Waals surface area contributed by atoms with E-state index in [9.17, 15) is 0 Å². The van der Waals surface area contributed by atoms with E-state index in [0.29, 0.717) is 12.1 Å². The van der Waals surface area contributed by atoms with Gasteiger partial charge in [0, 0.05) is 31.8 Å².